The molecule has 5 rings (SSSR count). The van der Waals surface area contributed by atoms with Gasteiger partial charge < -0.3 is 4.90 Å². The topological polar surface area (TPSA) is 89.7 Å². The third-order valence-electron chi connectivity index (χ3n) is 6.05. The normalized spacial score (nSPS) is 16.4. The van der Waals surface area contributed by atoms with E-state index in [9.17, 15) is 4.79 Å². The van der Waals surface area contributed by atoms with Crippen molar-refractivity contribution < 1.29 is 4.79 Å². The molecule has 8 nitrogen and oxygen atoms in total. The Hall–Kier alpha value is -3.68. The van der Waals surface area contributed by atoms with Gasteiger partial charge in [-0.1, -0.05) is 17.3 Å². The monoisotopic (exact) mass is 427 g/mol. The van der Waals surface area contributed by atoms with Gasteiger partial charge in [0.05, 0.1) is 17.8 Å². The number of para-hydroxylation sites is 1. The Morgan fingerprint density at radius 1 is 1.16 bits per heavy atom. The Balaban J connectivity index is 1.31. The van der Waals surface area contributed by atoms with Gasteiger partial charge in [-0.25, -0.2) is 14.6 Å². The number of rotatable bonds is 5. The fourth-order valence-corrected chi connectivity index (χ4v) is 4.42. The van der Waals surface area contributed by atoms with E-state index in [0.717, 1.165) is 53.1 Å². The van der Waals surface area contributed by atoms with E-state index in [4.69, 9.17) is 4.98 Å². The summed E-state index contributed by atoms with van der Waals surface area (Å²) in [6.07, 6.45) is 7.82. The van der Waals surface area contributed by atoms with Crippen LogP contribution in [0.25, 0.3) is 22.2 Å². The van der Waals surface area contributed by atoms with Crippen LogP contribution in [0.2, 0.25) is 0 Å². The summed E-state index contributed by atoms with van der Waals surface area (Å²) in [5.74, 6) is 1.08. The first-order valence-electron chi connectivity index (χ1n) is 11.0. The van der Waals surface area contributed by atoms with Crippen molar-refractivity contribution in [1.29, 1.82) is 0 Å². The standard InChI is InChI=1S/C24H25N7O/c1-17-26-15-20(18-8-11-25-12-9-18)24(27-17)19-5-4-13-30(16-19)23(32)10-14-31-22-7-3-2-6-21(22)28-29-31/h2-3,6-9,11-12,15,19H,4-5,10,13-14,16H2,1H3. The van der Waals surface area contributed by atoms with Crippen LogP contribution >= 0.6 is 0 Å². The zero-order chi connectivity index (χ0) is 21.9. The molecule has 1 amide bonds. The first-order chi connectivity index (χ1) is 15.7. The number of pyridine rings is 1. The minimum atomic E-state index is 0.144. The molecule has 1 aliphatic rings. The minimum Gasteiger partial charge on any atom is -0.342 e. The van der Waals surface area contributed by atoms with E-state index in [1.54, 1.807) is 12.4 Å². The lowest BCUT2D eigenvalue weighted by atomic mass is 9.90. The van der Waals surface area contributed by atoms with Crippen LogP contribution in [-0.2, 0) is 11.3 Å². The van der Waals surface area contributed by atoms with Gasteiger partial charge in [0.25, 0.3) is 0 Å². The van der Waals surface area contributed by atoms with E-state index < -0.39 is 0 Å². The molecule has 1 fully saturated rings. The fraction of sp³-hybridized carbons (Fsp3) is 0.333. The van der Waals surface area contributed by atoms with E-state index in [-0.39, 0.29) is 11.8 Å². The first-order valence-corrected chi connectivity index (χ1v) is 11.0. The second-order valence-electron chi connectivity index (χ2n) is 8.18. The van der Waals surface area contributed by atoms with E-state index in [1.807, 2.05) is 59.1 Å². The number of fused-ring (bicyclic) bond motifs is 1. The summed E-state index contributed by atoms with van der Waals surface area (Å²) in [6.45, 7) is 3.89. The van der Waals surface area contributed by atoms with Crippen LogP contribution in [-0.4, -0.2) is 53.8 Å². The highest BCUT2D eigenvalue weighted by atomic mass is 16.2. The first kappa shape index (κ1) is 20.2. The molecule has 1 saturated heterocycles. The quantitative estimate of drug-likeness (QED) is 0.485. The summed E-state index contributed by atoms with van der Waals surface area (Å²) in [5.41, 5.74) is 4.89. The number of aryl methyl sites for hydroxylation is 2. The lowest BCUT2D eigenvalue weighted by Gasteiger charge is -2.33. The molecule has 3 aromatic heterocycles. The molecule has 0 N–H and O–H groups in total. The Morgan fingerprint density at radius 3 is 2.88 bits per heavy atom. The number of nitrogens with zero attached hydrogens (tertiary/aromatic N) is 7. The Bertz CT molecular complexity index is 1240. The van der Waals surface area contributed by atoms with E-state index >= 15 is 0 Å². The summed E-state index contributed by atoms with van der Waals surface area (Å²) in [7, 11) is 0. The smallest absolute Gasteiger partial charge is 0.224 e. The van der Waals surface area contributed by atoms with Crippen molar-refractivity contribution in [2.45, 2.75) is 38.6 Å². The third-order valence-corrected chi connectivity index (χ3v) is 6.05. The Kier molecular flexibility index (Phi) is 5.58. The molecule has 32 heavy (non-hydrogen) atoms. The summed E-state index contributed by atoms with van der Waals surface area (Å²) < 4.78 is 1.81. The molecule has 0 bridgehead atoms. The number of amides is 1. The van der Waals surface area contributed by atoms with Crippen LogP contribution in [0.4, 0.5) is 0 Å². The van der Waals surface area contributed by atoms with Crippen molar-refractivity contribution in [2.24, 2.45) is 0 Å². The summed E-state index contributed by atoms with van der Waals surface area (Å²) in [4.78, 5) is 28.4. The Morgan fingerprint density at radius 2 is 2.00 bits per heavy atom. The number of carbonyl (C=O) groups is 1. The third kappa shape index (κ3) is 4.08. The van der Waals surface area contributed by atoms with Gasteiger partial charge in [-0.05, 0) is 49.6 Å². The predicted octanol–water partition coefficient (Wildman–Crippen LogP) is 3.39. The number of benzene rings is 1. The average molecular weight is 428 g/mol. The van der Waals surface area contributed by atoms with Crippen molar-refractivity contribution in [3.05, 3.63) is 66.5 Å². The Labute approximate surface area is 186 Å². The van der Waals surface area contributed by atoms with Crippen molar-refractivity contribution in [1.82, 2.24) is 34.8 Å². The van der Waals surface area contributed by atoms with E-state index in [0.29, 0.717) is 19.5 Å². The molecule has 0 spiro atoms. The highest BCUT2D eigenvalue weighted by Gasteiger charge is 2.28. The lowest BCUT2D eigenvalue weighted by molar-refractivity contribution is -0.132. The molecule has 1 aliphatic heterocycles. The maximum atomic E-state index is 13.1. The maximum absolute atomic E-state index is 13.1. The highest BCUT2D eigenvalue weighted by Crippen LogP contribution is 2.33. The van der Waals surface area contributed by atoms with Crippen molar-refractivity contribution in [3.8, 4) is 11.1 Å². The molecule has 1 aromatic carbocycles. The number of hydrogen-bond donors (Lipinski definition) is 0. The van der Waals surface area contributed by atoms with E-state index in [1.165, 1.54) is 0 Å². The number of likely N-dealkylation sites (tertiary alicyclic amines) is 1. The molecule has 162 valence electrons. The molecule has 4 heterocycles. The van der Waals surface area contributed by atoms with Crippen LogP contribution in [0.1, 0.15) is 36.7 Å². The summed E-state index contributed by atoms with van der Waals surface area (Å²) in [6, 6.07) is 11.8. The molecule has 0 saturated carbocycles. The number of piperidine rings is 1. The van der Waals surface area contributed by atoms with E-state index in [2.05, 4.69) is 20.3 Å². The van der Waals surface area contributed by atoms with Gasteiger partial charge in [0, 0.05) is 49.6 Å². The molecular formula is C24H25N7O. The second-order valence-corrected chi connectivity index (χ2v) is 8.18. The van der Waals surface area contributed by atoms with Gasteiger partial charge in [0.15, 0.2) is 0 Å². The van der Waals surface area contributed by atoms with Gasteiger partial charge >= 0.3 is 0 Å². The predicted molar refractivity (Wildman–Crippen MR) is 121 cm³/mol. The summed E-state index contributed by atoms with van der Waals surface area (Å²) in [5, 5.41) is 8.38. The molecule has 1 unspecified atom stereocenters. The number of carbonyl (C=O) groups excluding carboxylic acids is 1. The number of aromatic nitrogens is 6. The lowest BCUT2D eigenvalue weighted by Crippen LogP contribution is -2.39. The van der Waals surface area contributed by atoms with Gasteiger partial charge in [-0.2, -0.15) is 0 Å². The van der Waals surface area contributed by atoms with Crippen molar-refractivity contribution in [2.75, 3.05) is 13.1 Å². The average Bonchev–Trinajstić information content (AvgIpc) is 3.26. The molecule has 8 heteroatoms. The van der Waals surface area contributed by atoms with Gasteiger partial charge in [-0.15, -0.1) is 5.10 Å². The van der Waals surface area contributed by atoms with Crippen LogP contribution < -0.4 is 0 Å². The van der Waals surface area contributed by atoms with Crippen LogP contribution in [0.15, 0.2) is 55.0 Å². The molecule has 1 atom stereocenters. The van der Waals surface area contributed by atoms with Gasteiger partial charge in [0.1, 0.15) is 11.3 Å². The zero-order valence-electron chi connectivity index (χ0n) is 18.1. The van der Waals surface area contributed by atoms with Crippen LogP contribution in [0.5, 0.6) is 0 Å². The maximum Gasteiger partial charge on any atom is 0.224 e. The highest BCUT2D eigenvalue weighted by molar-refractivity contribution is 5.77. The van der Waals surface area contributed by atoms with Crippen molar-refractivity contribution >= 4 is 16.9 Å². The fourth-order valence-electron chi connectivity index (χ4n) is 4.42. The minimum absolute atomic E-state index is 0.144. The van der Waals surface area contributed by atoms with Gasteiger partial charge in [0.2, 0.25) is 5.91 Å². The zero-order valence-corrected chi connectivity index (χ0v) is 18.1. The second kappa shape index (κ2) is 8.82. The largest absolute Gasteiger partial charge is 0.342 e. The van der Waals surface area contributed by atoms with Gasteiger partial charge in [-0.3, -0.25) is 9.78 Å². The molecule has 0 radical (unpaired) electrons. The van der Waals surface area contributed by atoms with Crippen LogP contribution in [0.3, 0.4) is 0 Å². The molecular weight excluding hydrogens is 402 g/mol. The number of hydrogen-bond acceptors (Lipinski definition) is 6. The SMILES string of the molecule is Cc1ncc(-c2ccncc2)c(C2CCCN(C(=O)CCn3nnc4ccccc43)C2)n1. The van der Waals surface area contributed by atoms with Crippen molar-refractivity contribution in [3.63, 3.8) is 0 Å². The molecule has 0 aliphatic carbocycles. The van der Waals surface area contributed by atoms with Crippen LogP contribution in [0, 0.1) is 6.92 Å². The summed E-state index contributed by atoms with van der Waals surface area (Å²) >= 11 is 0. The molecule has 4 aromatic rings.